The number of benzene rings is 2. The summed E-state index contributed by atoms with van der Waals surface area (Å²) in [6.07, 6.45) is 0. The molecule has 2 aromatic carbocycles. The highest BCUT2D eigenvalue weighted by molar-refractivity contribution is 5.84. The van der Waals surface area contributed by atoms with Crippen molar-refractivity contribution in [1.29, 1.82) is 0 Å². The Balaban J connectivity index is 1.64. The molecule has 0 saturated heterocycles. The number of hydrogen-bond acceptors (Lipinski definition) is 3. The Morgan fingerprint density at radius 1 is 1.16 bits per heavy atom. The molecule has 0 radical (unpaired) electrons. The average Bonchev–Trinajstić information content (AvgIpc) is 2.62. The van der Waals surface area contributed by atoms with Crippen LogP contribution in [0.15, 0.2) is 57.7 Å². The Hall–Kier alpha value is -2.59. The van der Waals surface area contributed by atoms with Gasteiger partial charge in [-0.15, -0.1) is 0 Å². The number of aryl methyl sites for hydroxylation is 1. The number of hydrogen-bond donors (Lipinski definition) is 1. The van der Waals surface area contributed by atoms with E-state index >= 15 is 0 Å². The van der Waals surface area contributed by atoms with Gasteiger partial charge < -0.3 is 9.15 Å². The van der Waals surface area contributed by atoms with Crippen LogP contribution >= 0.6 is 0 Å². The largest absolute Gasteiger partial charge is 0.445 e. The summed E-state index contributed by atoms with van der Waals surface area (Å²) in [6, 6.07) is 16.0. The van der Waals surface area contributed by atoms with Crippen LogP contribution in [0.3, 0.4) is 0 Å². The van der Waals surface area contributed by atoms with Crippen molar-refractivity contribution in [2.24, 2.45) is 0 Å². The smallest absolute Gasteiger partial charge is 0.336 e. The number of ether oxygens (including phenoxy) is 1. The fourth-order valence-electron chi connectivity index (χ4n) is 3.67. The van der Waals surface area contributed by atoms with Crippen LogP contribution in [-0.2, 0) is 6.54 Å². The molecule has 1 aliphatic rings. The third-order valence-electron chi connectivity index (χ3n) is 5.00. The number of rotatable bonds is 3. The maximum atomic E-state index is 11.8. The summed E-state index contributed by atoms with van der Waals surface area (Å²) in [5.74, 6) is 1.27. The fourth-order valence-corrected chi connectivity index (χ4v) is 3.67. The molecular formula is C21H22NO3+. The van der Waals surface area contributed by atoms with Gasteiger partial charge in [0.2, 0.25) is 6.73 Å². The minimum absolute atomic E-state index is 0.303. The zero-order valence-electron chi connectivity index (χ0n) is 14.5. The topological polar surface area (TPSA) is 43.9 Å². The molecule has 1 unspecified atom stereocenters. The van der Waals surface area contributed by atoms with Crippen molar-refractivity contribution in [2.75, 3.05) is 13.3 Å². The number of nitrogens with one attached hydrogen (secondary N) is 1. The van der Waals surface area contributed by atoms with Crippen LogP contribution in [0.4, 0.5) is 0 Å². The maximum Gasteiger partial charge on any atom is 0.336 e. The van der Waals surface area contributed by atoms with Crippen LogP contribution in [0.1, 0.15) is 29.5 Å². The Labute approximate surface area is 146 Å². The summed E-state index contributed by atoms with van der Waals surface area (Å²) >= 11 is 0. The zero-order valence-corrected chi connectivity index (χ0v) is 14.5. The van der Waals surface area contributed by atoms with Crippen molar-refractivity contribution >= 4 is 11.0 Å². The highest BCUT2D eigenvalue weighted by Crippen LogP contribution is 2.29. The molecule has 0 aliphatic carbocycles. The second kappa shape index (κ2) is 6.37. The van der Waals surface area contributed by atoms with E-state index < -0.39 is 0 Å². The van der Waals surface area contributed by atoms with E-state index in [9.17, 15) is 4.79 Å². The van der Waals surface area contributed by atoms with E-state index in [-0.39, 0.29) is 5.63 Å². The van der Waals surface area contributed by atoms with Crippen LogP contribution < -0.4 is 15.3 Å². The minimum Gasteiger partial charge on any atom is -0.445 e. The quantitative estimate of drug-likeness (QED) is 0.748. The zero-order chi connectivity index (χ0) is 17.4. The molecule has 128 valence electrons. The van der Waals surface area contributed by atoms with E-state index in [0.29, 0.717) is 18.2 Å². The Kier molecular flexibility index (Phi) is 4.06. The summed E-state index contributed by atoms with van der Waals surface area (Å²) in [5.41, 5.74) is 3.65. The van der Waals surface area contributed by atoms with Crippen LogP contribution in [0.2, 0.25) is 0 Å². The molecule has 4 heteroatoms. The van der Waals surface area contributed by atoms with E-state index in [1.165, 1.54) is 10.5 Å². The maximum absolute atomic E-state index is 11.8. The Bertz CT molecular complexity index is 962. The second-order valence-electron chi connectivity index (χ2n) is 6.90. The van der Waals surface area contributed by atoms with Crippen molar-refractivity contribution in [3.8, 4) is 5.75 Å². The van der Waals surface area contributed by atoms with Crippen LogP contribution in [0.5, 0.6) is 5.75 Å². The van der Waals surface area contributed by atoms with E-state index in [1.54, 1.807) is 6.07 Å². The summed E-state index contributed by atoms with van der Waals surface area (Å²) in [7, 11) is 0. The molecule has 0 saturated carbocycles. The molecule has 4 rings (SSSR count). The van der Waals surface area contributed by atoms with Crippen molar-refractivity contribution in [3.63, 3.8) is 0 Å². The molecule has 0 fully saturated rings. The van der Waals surface area contributed by atoms with Gasteiger partial charge in [-0.2, -0.15) is 0 Å². The van der Waals surface area contributed by atoms with Gasteiger partial charge in [0, 0.05) is 17.4 Å². The van der Waals surface area contributed by atoms with Gasteiger partial charge in [-0.25, -0.2) is 4.79 Å². The third kappa shape index (κ3) is 3.05. The molecule has 2 atom stereocenters. The molecule has 3 aromatic rings. The van der Waals surface area contributed by atoms with Crippen molar-refractivity contribution < 1.29 is 14.1 Å². The molecule has 25 heavy (non-hydrogen) atoms. The Morgan fingerprint density at radius 3 is 2.76 bits per heavy atom. The van der Waals surface area contributed by atoms with Gasteiger partial charge >= 0.3 is 5.63 Å². The molecule has 4 nitrogen and oxygen atoms in total. The van der Waals surface area contributed by atoms with Crippen LogP contribution in [0, 0.1) is 6.92 Å². The van der Waals surface area contributed by atoms with Gasteiger partial charge in [-0.1, -0.05) is 37.3 Å². The summed E-state index contributed by atoms with van der Waals surface area (Å²) in [6.45, 7) is 6.58. The van der Waals surface area contributed by atoms with Gasteiger partial charge in [0.15, 0.2) is 5.58 Å². The van der Waals surface area contributed by atoms with E-state index in [2.05, 4.69) is 31.2 Å². The van der Waals surface area contributed by atoms with E-state index in [1.807, 2.05) is 25.1 Å². The van der Waals surface area contributed by atoms with Gasteiger partial charge in [0.25, 0.3) is 0 Å². The van der Waals surface area contributed by atoms with Crippen LogP contribution in [0.25, 0.3) is 11.0 Å². The van der Waals surface area contributed by atoms with Crippen molar-refractivity contribution in [2.45, 2.75) is 26.3 Å². The fraction of sp³-hybridized carbons (Fsp3) is 0.286. The van der Waals surface area contributed by atoms with Gasteiger partial charge in [0.05, 0.1) is 12.1 Å². The predicted octanol–water partition coefficient (Wildman–Crippen LogP) is 2.64. The average molecular weight is 336 g/mol. The third-order valence-corrected chi connectivity index (χ3v) is 5.00. The molecule has 1 N–H and O–H groups in total. The summed E-state index contributed by atoms with van der Waals surface area (Å²) in [5, 5.41) is 0.985. The summed E-state index contributed by atoms with van der Waals surface area (Å²) in [4.78, 5) is 13.2. The number of fused-ring (bicyclic) bond motifs is 3. The molecule has 2 heterocycles. The van der Waals surface area contributed by atoms with Crippen molar-refractivity contribution in [3.05, 3.63) is 75.6 Å². The van der Waals surface area contributed by atoms with E-state index in [0.717, 1.165) is 35.4 Å². The van der Waals surface area contributed by atoms with Crippen LogP contribution in [-0.4, -0.2) is 13.3 Å². The highest BCUT2D eigenvalue weighted by atomic mass is 16.5. The van der Waals surface area contributed by atoms with Gasteiger partial charge in [-0.05, 0) is 30.2 Å². The number of quaternary nitrogens is 1. The molecule has 1 aromatic heterocycles. The molecule has 1 aliphatic heterocycles. The first-order valence-corrected chi connectivity index (χ1v) is 8.69. The lowest BCUT2D eigenvalue weighted by atomic mass is 10.00. The van der Waals surface area contributed by atoms with Gasteiger partial charge in [-0.3, -0.25) is 4.90 Å². The summed E-state index contributed by atoms with van der Waals surface area (Å²) < 4.78 is 11.5. The SMILES string of the molecule is Cc1cc(=O)oc2c3c(ccc12)OC[NH+](C[C@@H](C)c1ccccc1)C3. The lowest BCUT2D eigenvalue weighted by Gasteiger charge is -2.28. The molecule has 0 spiro atoms. The lowest BCUT2D eigenvalue weighted by Crippen LogP contribution is -3.12. The second-order valence-corrected chi connectivity index (χ2v) is 6.90. The molecule has 0 bridgehead atoms. The molecule has 0 amide bonds. The monoisotopic (exact) mass is 336 g/mol. The first-order chi connectivity index (χ1) is 12.1. The normalized spacial score (nSPS) is 17.8. The highest BCUT2D eigenvalue weighted by Gasteiger charge is 2.26. The molecular weight excluding hydrogens is 314 g/mol. The minimum atomic E-state index is -0.303. The first-order valence-electron chi connectivity index (χ1n) is 8.69. The van der Waals surface area contributed by atoms with Crippen molar-refractivity contribution in [1.82, 2.24) is 0 Å². The standard InChI is InChI=1S/C21H21NO3/c1-14-10-20(23)25-21-17(14)8-9-19-18(21)12-22(13-24-19)11-15(2)16-6-4-3-5-7-16/h3-10,15H,11-13H2,1-2H3/p+1/t15-/m1/s1. The Morgan fingerprint density at radius 2 is 1.96 bits per heavy atom. The first kappa shape index (κ1) is 15.9. The van der Waals surface area contributed by atoms with E-state index in [4.69, 9.17) is 9.15 Å². The predicted molar refractivity (Wildman–Crippen MR) is 97.1 cm³/mol. The lowest BCUT2D eigenvalue weighted by molar-refractivity contribution is -0.933. The van der Waals surface area contributed by atoms with Gasteiger partial charge in [0.1, 0.15) is 12.3 Å².